The molecule has 0 aliphatic heterocycles. The van der Waals surface area contributed by atoms with E-state index < -0.39 is 23.2 Å². The molecule has 3 rings (SSSR count). The molecule has 0 bridgehead atoms. The van der Waals surface area contributed by atoms with Gasteiger partial charge in [0, 0.05) is 12.5 Å². The van der Waals surface area contributed by atoms with Gasteiger partial charge in [-0.15, -0.1) is 11.3 Å². The molecule has 0 saturated heterocycles. The van der Waals surface area contributed by atoms with Gasteiger partial charge >= 0.3 is 0 Å². The third kappa shape index (κ3) is 2.67. The SMILES string of the molecule is O=C(Cc1cc(F)c(F)cc1F)c1nc2ccccc2s1. The maximum absolute atomic E-state index is 13.5. The van der Waals surface area contributed by atoms with E-state index in [4.69, 9.17) is 0 Å². The quantitative estimate of drug-likeness (QED) is 0.538. The number of carbonyl (C=O) groups is 1. The highest BCUT2D eigenvalue weighted by Gasteiger charge is 2.17. The Kier molecular flexibility index (Phi) is 3.47. The summed E-state index contributed by atoms with van der Waals surface area (Å²) in [5.74, 6) is -3.82. The van der Waals surface area contributed by atoms with Crippen LogP contribution in [0.5, 0.6) is 0 Å². The third-order valence-corrected chi connectivity index (χ3v) is 4.05. The fourth-order valence-electron chi connectivity index (χ4n) is 1.94. The second-order valence-electron chi connectivity index (χ2n) is 4.44. The van der Waals surface area contributed by atoms with Gasteiger partial charge in [0.05, 0.1) is 10.2 Å². The molecule has 0 saturated carbocycles. The molecule has 1 aromatic heterocycles. The molecule has 0 atom stereocenters. The van der Waals surface area contributed by atoms with Crippen LogP contribution in [-0.4, -0.2) is 10.8 Å². The molecule has 0 aliphatic rings. The van der Waals surface area contributed by atoms with E-state index >= 15 is 0 Å². The Bertz CT molecular complexity index is 811. The number of ketones is 1. The van der Waals surface area contributed by atoms with Gasteiger partial charge in [0.1, 0.15) is 5.82 Å². The summed E-state index contributed by atoms with van der Waals surface area (Å²) in [5, 5.41) is 0.223. The van der Waals surface area contributed by atoms with Crippen LogP contribution in [0.2, 0.25) is 0 Å². The van der Waals surface area contributed by atoms with E-state index in [-0.39, 0.29) is 17.0 Å². The molecule has 2 nitrogen and oxygen atoms in total. The zero-order valence-corrected chi connectivity index (χ0v) is 11.4. The number of carbonyl (C=O) groups excluding carboxylic acids is 1. The van der Waals surface area contributed by atoms with Gasteiger partial charge in [0.15, 0.2) is 22.4 Å². The van der Waals surface area contributed by atoms with E-state index in [1.165, 1.54) is 11.3 Å². The second-order valence-corrected chi connectivity index (χ2v) is 5.48. The van der Waals surface area contributed by atoms with Crippen LogP contribution in [-0.2, 0) is 6.42 Å². The highest BCUT2D eigenvalue weighted by molar-refractivity contribution is 7.20. The molecule has 3 aromatic rings. The molecular formula is C15H8F3NOS. The van der Waals surface area contributed by atoms with Crippen molar-refractivity contribution < 1.29 is 18.0 Å². The maximum Gasteiger partial charge on any atom is 0.195 e. The van der Waals surface area contributed by atoms with Crippen LogP contribution in [0.3, 0.4) is 0 Å². The van der Waals surface area contributed by atoms with Crippen LogP contribution >= 0.6 is 11.3 Å². The molecule has 0 aliphatic carbocycles. The van der Waals surface area contributed by atoms with E-state index in [2.05, 4.69) is 4.98 Å². The number of rotatable bonds is 3. The minimum Gasteiger partial charge on any atom is -0.291 e. The lowest BCUT2D eigenvalue weighted by molar-refractivity contribution is 0.0991. The first-order valence-electron chi connectivity index (χ1n) is 6.07. The van der Waals surface area contributed by atoms with Gasteiger partial charge in [0.2, 0.25) is 0 Å². The summed E-state index contributed by atoms with van der Waals surface area (Å²) in [6.45, 7) is 0. The number of thiazole rings is 1. The smallest absolute Gasteiger partial charge is 0.195 e. The van der Waals surface area contributed by atoms with E-state index in [1.54, 1.807) is 12.1 Å². The van der Waals surface area contributed by atoms with Crippen molar-refractivity contribution in [1.29, 1.82) is 0 Å². The number of Topliss-reactive ketones (excluding diaryl/α,β-unsaturated/α-hetero) is 1. The van der Waals surface area contributed by atoms with Crippen LogP contribution in [0.1, 0.15) is 15.4 Å². The van der Waals surface area contributed by atoms with Gasteiger partial charge in [-0.25, -0.2) is 18.2 Å². The standard InChI is InChI=1S/C15H8F3NOS/c16-9-7-11(18)10(17)5-8(9)6-13(20)15-19-12-3-1-2-4-14(12)21-15/h1-5,7H,6H2. The van der Waals surface area contributed by atoms with Crippen LogP contribution < -0.4 is 0 Å². The highest BCUT2D eigenvalue weighted by atomic mass is 32.1. The molecule has 0 radical (unpaired) electrons. The zero-order chi connectivity index (χ0) is 15.0. The monoisotopic (exact) mass is 307 g/mol. The Balaban J connectivity index is 1.91. The Labute approximate surface area is 121 Å². The second kappa shape index (κ2) is 5.29. The summed E-state index contributed by atoms with van der Waals surface area (Å²) in [4.78, 5) is 16.3. The average Bonchev–Trinajstić information content (AvgIpc) is 2.88. The van der Waals surface area contributed by atoms with Crippen LogP contribution in [0.4, 0.5) is 13.2 Å². The van der Waals surface area contributed by atoms with Crippen molar-refractivity contribution >= 4 is 27.3 Å². The summed E-state index contributed by atoms with van der Waals surface area (Å²) in [6, 6.07) is 8.35. The zero-order valence-electron chi connectivity index (χ0n) is 10.6. The molecule has 0 N–H and O–H groups in total. The van der Waals surface area contributed by atoms with Crippen molar-refractivity contribution in [2.24, 2.45) is 0 Å². The number of aromatic nitrogens is 1. The number of hydrogen-bond donors (Lipinski definition) is 0. The number of fused-ring (bicyclic) bond motifs is 1. The number of nitrogens with zero attached hydrogens (tertiary/aromatic N) is 1. The number of halogens is 3. The average molecular weight is 307 g/mol. The van der Waals surface area contributed by atoms with Crippen molar-refractivity contribution in [3.05, 3.63) is 64.4 Å². The Morgan fingerprint density at radius 3 is 2.52 bits per heavy atom. The molecule has 2 aromatic carbocycles. The first-order valence-corrected chi connectivity index (χ1v) is 6.88. The third-order valence-electron chi connectivity index (χ3n) is 2.97. The Morgan fingerprint density at radius 2 is 1.76 bits per heavy atom. The summed E-state index contributed by atoms with van der Waals surface area (Å²) < 4.78 is 40.3. The molecule has 6 heteroatoms. The summed E-state index contributed by atoms with van der Waals surface area (Å²) >= 11 is 1.19. The highest BCUT2D eigenvalue weighted by Crippen LogP contribution is 2.23. The van der Waals surface area contributed by atoms with Gasteiger partial charge in [-0.05, 0) is 23.8 Å². The van der Waals surface area contributed by atoms with E-state index in [0.29, 0.717) is 17.6 Å². The predicted molar refractivity (Wildman–Crippen MR) is 74.0 cm³/mol. The van der Waals surface area contributed by atoms with Crippen molar-refractivity contribution in [3.8, 4) is 0 Å². The maximum atomic E-state index is 13.5. The lowest BCUT2D eigenvalue weighted by Gasteiger charge is -2.02. The predicted octanol–water partition coefficient (Wildman–Crippen LogP) is 4.14. The normalized spacial score (nSPS) is 11.0. The van der Waals surface area contributed by atoms with Gasteiger partial charge in [0.25, 0.3) is 0 Å². The Morgan fingerprint density at radius 1 is 1.05 bits per heavy atom. The summed E-state index contributed by atoms with van der Waals surface area (Å²) in [6.07, 6.45) is -0.358. The number of hydrogen-bond acceptors (Lipinski definition) is 3. The van der Waals surface area contributed by atoms with E-state index in [0.717, 1.165) is 4.70 Å². The minimum absolute atomic E-state index is 0.182. The van der Waals surface area contributed by atoms with Gasteiger partial charge in [-0.2, -0.15) is 0 Å². The summed E-state index contributed by atoms with van der Waals surface area (Å²) in [5.41, 5.74) is 0.495. The molecule has 21 heavy (non-hydrogen) atoms. The van der Waals surface area contributed by atoms with Crippen LogP contribution in [0, 0.1) is 17.5 Å². The molecule has 1 heterocycles. The lowest BCUT2D eigenvalue weighted by atomic mass is 10.1. The first-order chi connectivity index (χ1) is 10.0. The molecule has 0 spiro atoms. The van der Waals surface area contributed by atoms with Gasteiger partial charge in [-0.1, -0.05) is 12.1 Å². The largest absolute Gasteiger partial charge is 0.291 e. The summed E-state index contributed by atoms with van der Waals surface area (Å²) in [7, 11) is 0. The van der Waals surface area contributed by atoms with Crippen molar-refractivity contribution in [2.75, 3.05) is 0 Å². The number of para-hydroxylation sites is 1. The van der Waals surface area contributed by atoms with Crippen LogP contribution in [0.25, 0.3) is 10.2 Å². The minimum atomic E-state index is -1.27. The van der Waals surface area contributed by atoms with Crippen molar-refractivity contribution in [2.45, 2.75) is 6.42 Å². The Hall–Kier alpha value is -2.21. The van der Waals surface area contributed by atoms with Crippen molar-refractivity contribution in [1.82, 2.24) is 4.98 Å². The lowest BCUT2D eigenvalue weighted by Crippen LogP contribution is -2.06. The fourth-order valence-corrected chi connectivity index (χ4v) is 2.84. The number of benzene rings is 2. The van der Waals surface area contributed by atoms with Crippen LogP contribution in [0.15, 0.2) is 36.4 Å². The van der Waals surface area contributed by atoms with Gasteiger partial charge in [-0.3, -0.25) is 4.79 Å². The molecule has 0 fully saturated rings. The molecular weight excluding hydrogens is 299 g/mol. The van der Waals surface area contributed by atoms with Crippen molar-refractivity contribution in [3.63, 3.8) is 0 Å². The molecule has 0 unspecified atom stereocenters. The molecule has 0 amide bonds. The van der Waals surface area contributed by atoms with E-state index in [9.17, 15) is 18.0 Å². The fraction of sp³-hybridized carbons (Fsp3) is 0.0667. The van der Waals surface area contributed by atoms with Gasteiger partial charge < -0.3 is 0 Å². The molecule has 106 valence electrons. The van der Waals surface area contributed by atoms with E-state index in [1.807, 2.05) is 12.1 Å². The topological polar surface area (TPSA) is 30.0 Å². The first kappa shape index (κ1) is 13.8.